The Balaban J connectivity index is 1.41. The molecule has 5 rings (SSSR count). The van der Waals surface area contributed by atoms with Crippen LogP contribution in [0.15, 0.2) is 52.5 Å². The number of ether oxygens (including phenoxy) is 2. The highest BCUT2D eigenvalue weighted by Gasteiger charge is 2.18. The van der Waals surface area contributed by atoms with Gasteiger partial charge in [0, 0.05) is 11.8 Å². The summed E-state index contributed by atoms with van der Waals surface area (Å²) < 4.78 is 25.9. The lowest BCUT2D eigenvalue weighted by atomic mass is 10.2. The fraction of sp³-hybridized carbons (Fsp3) is 0.143. The second kappa shape index (κ2) is 8.75. The molecule has 33 heavy (non-hydrogen) atoms. The van der Waals surface area contributed by atoms with Gasteiger partial charge in [0.15, 0.2) is 22.3 Å². The van der Waals surface area contributed by atoms with Crippen LogP contribution in [0.5, 0.6) is 11.5 Å². The molecular weight excluding hydrogens is 473 g/mol. The highest BCUT2D eigenvalue weighted by molar-refractivity contribution is 7.99. The molecule has 3 heterocycles. The Morgan fingerprint density at radius 3 is 2.85 bits per heavy atom. The number of thioether (sulfide) groups is 1. The largest absolute Gasteiger partial charge is 0.486 e. The molecule has 0 fully saturated rings. The number of benzene rings is 2. The Bertz CT molecular complexity index is 1440. The summed E-state index contributed by atoms with van der Waals surface area (Å²) in [6.07, 6.45) is 1.36. The number of aromatic amines is 1. The summed E-state index contributed by atoms with van der Waals surface area (Å²) in [4.78, 5) is 30.1. The van der Waals surface area contributed by atoms with Crippen molar-refractivity contribution in [2.45, 2.75) is 5.16 Å². The predicted octanol–water partition coefficient (Wildman–Crippen LogP) is 3.40. The van der Waals surface area contributed by atoms with Crippen molar-refractivity contribution in [1.82, 2.24) is 19.7 Å². The number of nitrogens with one attached hydrogen (secondary N) is 2. The van der Waals surface area contributed by atoms with Gasteiger partial charge in [-0.1, -0.05) is 23.4 Å². The number of anilines is 1. The minimum absolute atomic E-state index is 0.0462. The number of carbonyl (C=O) groups excluding carboxylic acids is 1. The fourth-order valence-corrected chi connectivity index (χ4v) is 4.25. The van der Waals surface area contributed by atoms with E-state index in [1.165, 1.54) is 22.9 Å². The SMILES string of the molecule is O=C(CSc1nc2[nH]ncc2c(=O)n1-c1ccc(F)c(Cl)c1)Nc1ccc2c(c1)OCCO2. The molecule has 2 aromatic carbocycles. The smallest absolute Gasteiger partial charge is 0.269 e. The van der Waals surface area contributed by atoms with Crippen molar-refractivity contribution in [2.24, 2.45) is 0 Å². The molecule has 9 nitrogen and oxygen atoms in total. The van der Waals surface area contributed by atoms with Crippen molar-refractivity contribution < 1.29 is 18.7 Å². The Kier molecular flexibility index (Phi) is 5.65. The molecule has 1 amide bonds. The first kappa shape index (κ1) is 21.3. The molecule has 0 spiro atoms. The van der Waals surface area contributed by atoms with Crippen LogP contribution in [0.3, 0.4) is 0 Å². The molecule has 1 aliphatic heterocycles. The van der Waals surface area contributed by atoms with E-state index in [0.717, 1.165) is 17.8 Å². The van der Waals surface area contributed by atoms with Crippen molar-refractivity contribution >= 4 is 46.0 Å². The second-order valence-electron chi connectivity index (χ2n) is 6.96. The Morgan fingerprint density at radius 1 is 1.21 bits per heavy atom. The number of hydrogen-bond donors (Lipinski definition) is 2. The minimum atomic E-state index is -0.612. The molecule has 0 aliphatic carbocycles. The van der Waals surface area contributed by atoms with Gasteiger partial charge in [0.05, 0.1) is 22.7 Å². The van der Waals surface area contributed by atoms with Gasteiger partial charge >= 0.3 is 0 Å². The van der Waals surface area contributed by atoms with E-state index >= 15 is 0 Å². The van der Waals surface area contributed by atoms with Crippen LogP contribution in [-0.4, -0.2) is 44.6 Å². The van der Waals surface area contributed by atoms with E-state index in [1.807, 2.05) is 0 Å². The van der Waals surface area contributed by atoms with Crippen molar-refractivity contribution in [3.05, 3.63) is 63.8 Å². The standard InChI is InChI=1S/C21H15ClFN5O4S/c22-14-8-12(2-3-15(14)23)28-20(30)13-9-24-27-19(13)26-21(28)33-10-18(29)25-11-1-4-16-17(7-11)32-6-5-31-16/h1-4,7-9H,5-6,10H2,(H,24,27)(H,25,29). The van der Waals surface area contributed by atoms with Crippen LogP contribution in [0.2, 0.25) is 5.02 Å². The van der Waals surface area contributed by atoms with Gasteiger partial charge in [0.2, 0.25) is 5.91 Å². The molecule has 0 saturated carbocycles. The summed E-state index contributed by atoms with van der Waals surface area (Å²) in [7, 11) is 0. The fourth-order valence-electron chi connectivity index (χ4n) is 3.27. The molecule has 0 unspecified atom stereocenters. The van der Waals surface area contributed by atoms with Crippen molar-refractivity contribution in [2.75, 3.05) is 24.3 Å². The molecule has 0 saturated heterocycles. The van der Waals surface area contributed by atoms with Crippen LogP contribution < -0.4 is 20.3 Å². The summed E-state index contributed by atoms with van der Waals surface area (Å²) in [5.74, 6) is 0.195. The molecule has 0 atom stereocenters. The second-order valence-corrected chi connectivity index (χ2v) is 8.31. The Labute approximate surface area is 194 Å². The average molecular weight is 488 g/mol. The van der Waals surface area contributed by atoms with Gasteiger partial charge < -0.3 is 14.8 Å². The van der Waals surface area contributed by atoms with Gasteiger partial charge in [0.25, 0.3) is 5.56 Å². The molecule has 2 aromatic heterocycles. The summed E-state index contributed by atoms with van der Waals surface area (Å²) in [5, 5.41) is 9.63. The van der Waals surface area contributed by atoms with Crippen LogP contribution >= 0.6 is 23.4 Å². The third kappa shape index (κ3) is 4.24. The average Bonchev–Trinajstić information content (AvgIpc) is 3.29. The number of carbonyl (C=O) groups is 1. The summed E-state index contributed by atoms with van der Waals surface area (Å²) in [6.45, 7) is 0.914. The third-order valence-corrected chi connectivity index (χ3v) is 6.00. The normalized spacial score (nSPS) is 12.7. The van der Waals surface area contributed by atoms with Gasteiger partial charge in [0.1, 0.15) is 24.4 Å². The number of rotatable bonds is 5. The molecule has 0 bridgehead atoms. The van der Waals surface area contributed by atoms with Crippen LogP contribution in [-0.2, 0) is 4.79 Å². The molecular formula is C21H15ClFN5O4S. The quantitative estimate of drug-likeness (QED) is 0.328. The van der Waals surface area contributed by atoms with Crippen molar-refractivity contribution in [3.8, 4) is 17.2 Å². The molecule has 1 aliphatic rings. The monoisotopic (exact) mass is 487 g/mol. The lowest BCUT2D eigenvalue weighted by Crippen LogP contribution is -2.22. The topological polar surface area (TPSA) is 111 Å². The predicted molar refractivity (Wildman–Crippen MR) is 121 cm³/mol. The summed E-state index contributed by atoms with van der Waals surface area (Å²) >= 11 is 6.95. The van der Waals surface area contributed by atoms with E-state index in [9.17, 15) is 14.0 Å². The third-order valence-electron chi connectivity index (χ3n) is 4.77. The highest BCUT2D eigenvalue weighted by atomic mass is 35.5. The molecule has 168 valence electrons. The number of hydrogen-bond acceptors (Lipinski definition) is 7. The van der Waals surface area contributed by atoms with Crippen LogP contribution in [0.1, 0.15) is 0 Å². The first-order valence-electron chi connectivity index (χ1n) is 9.73. The van der Waals surface area contributed by atoms with Crippen molar-refractivity contribution in [3.63, 3.8) is 0 Å². The zero-order chi connectivity index (χ0) is 22.9. The van der Waals surface area contributed by atoms with Crippen LogP contribution in [0.25, 0.3) is 16.7 Å². The van der Waals surface area contributed by atoms with Crippen molar-refractivity contribution in [1.29, 1.82) is 0 Å². The zero-order valence-electron chi connectivity index (χ0n) is 16.8. The van der Waals surface area contributed by atoms with Gasteiger partial charge in [-0.2, -0.15) is 5.10 Å². The van der Waals surface area contributed by atoms with E-state index in [1.54, 1.807) is 18.2 Å². The van der Waals surface area contributed by atoms with E-state index in [4.69, 9.17) is 21.1 Å². The van der Waals surface area contributed by atoms with Gasteiger partial charge in [-0.3, -0.25) is 19.3 Å². The lowest BCUT2D eigenvalue weighted by Gasteiger charge is -2.19. The minimum Gasteiger partial charge on any atom is -0.486 e. The maximum atomic E-state index is 13.7. The molecule has 4 aromatic rings. The lowest BCUT2D eigenvalue weighted by molar-refractivity contribution is -0.113. The summed E-state index contributed by atoms with van der Waals surface area (Å²) in [6, 6.07) is 9.01. The van der Waals surface area contributed by atoms with Gasteiger partial charge in [-0.25, -0.2) is 9.37 Å². The van der Waals surface area contributed by atoms with Gasteiger partial charge in [-0.05, 0) is 30.3 Å². The number of H-pyrrole nitrogens is 1. The van der Waals surface area contributed by atoms with Gasteiger partial charge in [-0.15, -0.1) is 0 Å². The first-order valence-corrected chi connectivity index (χ1v) is 11.1. The zero-order valence-corrected chi connectivity index (χ0v) is 18.4. The molecule has 12 heteroatoms. The van der Waals surface area contributed by atoms with Crippen LogP contribution in [0, 0.1) is 5.82 Å². The Hall–Kier alpha value is -3.57. The first-order chi connectivity index (χ1) is 16.0. The maximum absolute atomic E-state index is 13.7. The number of amides is 1. The van der Waals surface area contributed by atoms with E-state index < -0.39 is 11.4 Å². The Morgan fingerprint density at radius 2 is 2.03 bits per heavy atom. The molecule has 0 radical (unpaired) electrons. The highest BCUT2D eigenvalue weighted by Crippen LogP contribution is 2.32. The molecule has 2 N–H and O–H groups in total. The number of nitrogens with zero attached hydrogens (tertiary/aromatic N) is 3. The number of fused-ring (bicyclic) bond motifs is 2. The number of halogens is 2. The number of aromatic nitrogens is 4. The maximum Gasteiger partial charge on any atom is 0.269 e. The van der Waals surface area contributed by atoms with E-state index in [2.05, 4.69) is 20.5 Å². The van der Waals surface area contributed by atoms with Crippen LogP contribution in [0.4, 0.5) is 10.1 Å². The van der Waals surface area contributed by atoms with E-state index in [-0.39, 0.29) is 32.9 Å². The van der Waals surface area contributed by atoms with E-state index in [0.29, 0.717) is 36.1 Å². The summed E-state index contributed by atoms with van der Waals surface area (Å²) in [5.41, 5.74) is 0.714.